The molecule has 0 atom stereocenters. The molecule has 0 N–H and O–H groups in total. The number of aromatic nitrogens is 9. The van der Waals surface area contributed by atoms with Gasteiger partial charge in [0.1, 0.15) is 11.2 Å². The van der Waals surface area contributed by atoms with Gasteiger partial charge in [0.05, 0.1) is 54.8 Å². The van der Waals surface area contributed by atoms with E-state index >= 15 is 0 Å². The zero-order chi connectivity index (χ0) is 80.6. The molecule has 0 saturated carbocycles. The molecule has 28 rings (SSSR count). The number of hydrogen-bond donors (Lipinski definition) is 0. The fourth-order valence-corrected chi connectivity index (χ4v) is 20.1. The van der Waals surface area contributed by atoms with Crippen molar-refractivity contribution in [3.05, 3.63) is 392 Å². The minimum atomic E-state index is 0. The molecule has 1 aliphatic rings. The Bertz CT molecular complexity index is 8960. The van der Waals surface area contributed by atoms with Gasteiger partial charge < -0.3 is 22.2 Å². The predicted octanol–water partition coefficient (Wildman–Crippen LogP) is 28.8. The number of fused-ring (bicyclic) bond motifs is 28. The Hall–Kier alpha value is -16.1. The predicted molar refractivity (Wildman–Crippen MR) is 511 cm³/mol. The lowest BCUT2D eigenvalue weighted by molar-refractivity contribution is 0.666. The molecule has 0 saturated heterocycles. The van der Waals surface area contributed by atoms with Crippen molar-refractivity contribution in [1.29, 1.82) is 0 Å². The molecule has 11 nitrogen and oxygen atoms in total. The molecule has 18 aromatic carbocycles. The van der Waals surface area contributed by atoms with Crippen molar-refractivity contribution in [2.45, 2.75) is 6.42 Å². The molecule has 0 fully saturated rings. The number of halogens is 1. The van der Waals surface area contributed by atoms with Gasteiger partial charge in [0.2, 0.25) is 0 Å². The van der Waals surface area contributed by atoms with E-state index in [0.717, 1.165) is 94.8 Å². The van der Waals surface area contributed by atoms with Gasteiger partial charge in [0.15, 0.2) is 46.1 Å². The van der Waals surface area contributed by atoms with Gasteiger partial charge in [0.25, 0.3) is 0 Å². The number of benzene rings is 18. The molecule has 27 aromatic rings. The average molecular weight is 1600 g/mol. The first-order valence-corrected chi connectivity index (χ1v) is 41.8. The smallest absolute Gasteiger partial charge is 0.164 e. The summed E-state index contributed by atoms with van der Waals surface area (Å²) in [5.41, 5.74) is 25.0. The van der Waals surface area contributed by atoms with E-state index < -0.39 is 0 Å². The molecule has 0 aliphatic heterocycles. The average Bonchev–Trinajstić information content (AvgIpc) is 1.53. The van der Waals surface area contributed by atoms with Crippen LogP contribution < -0.4 is 0 Å². The third kappa shape index (κ3) is 10.7. The van der Waals surface area contributed by atoms with Crippen LogP contribution in [0.5, 0.6) is 0 Å². The molecular weight excluding hydrogens is 1540 g/mol. The van der Waals surface area contributed by atoms with Crippen LogP contribution >= 0.6 is 11.6 Å². The fourth-order valence-electron chi connectivity index (χ4n) is 19.9. The maximum absolute atomic E-state index is 7.02. The summed E-state index contributed by atoms with van der Waals surface area (Å²) in [6.45, 7) is 0. The van der Waals surface area contributed by atoms with Crippen LogP contribution in [0.2, 0.25) is 5.02 Å². The molecule has 0 amide bonds. The first-order chi connectivity index (χ1) is 60.9. The number of hydrogen-bond acceptors (Lipinski definition) is 8. The lowest BCUT2D eigenvalue weighted by Gasteiger charge is -2.13. The van der Waals surface area contributed by atoms with Crippen LogP contribution in [0.4, 0.5) is 0 Å². The largest absolute Gasteiger partial charge is 0.454 e. The fraction of sp³-hybridized carbons (Fsp3) is 0.00901. The molecule has 124 heavy (non-hydrogen) atoms. The summed E-state index contributed by atoms with van der Waals surface area (Å²) in [4.78, 5) is 29.9. The molecular formula is C111H64BClN9O2. The van der Waals surface area contributed by atoms with Crippen molar-refractivity contribution >= 4 is 183 Å². The van der Waals surface area contributed by atoms with Crippen LogP contribution in [-0.4, -0.2) is 51.7 Å². The molecule has 0 spiro atoms. The van der Waals surface area contributed by atoms with E-state index in [1.165, 1.54) is 131 Å². The quantitative estimate of drug-likeness (QED) is 0.145. The highest BCUT2D eigenvalue weighted by Crippen LogP contribution is 2.51. The van der Waals surface area contributed by atoms with Crippen molar-refractivity contribution in [3.63, 3.8) is 0 Å². The summed E-state index contributed by atoms with van der Waals surface area (Å²) in [6.07, 6.45) is 1.02. The van der Waals surface area contributed by atoms with Crippen molar-refractivity contribution in [3.8, 4) is 85.1 Å². The first kappa shape index (κ1) is 70.8. The van der Waals surface area contributed by atoms with Gasteiger partial charge in [-0.15, -0.1) is 0 Å². The molecule has 9 heterocycles. The summed E-state index contributed by atoms with van der Waals surface area (Å²) in [5.74, 6) is 3.63. The van der Waals surface area contributed by atoms with E-state index in [-0.39, 0.29) is 8.41 Å². The van der Waals surface area contributed by atoms with Gasteiger partial charge in [-0.3, -0.25) is 0 Å². The summed E-state index contributed by atoms with van der Waals surface area (Å²) < 4.78 is 20.5. The topological polar surface area (TPSA) is 117 Å². The van der Waals surface area contributed by atoms with Gasteiger partial charge in [-0.05, 0) is 129 Å². The second-order valence-corrected chi connectivity index (χ2v) is 32.4. The van der Waals surface area contributed by atoms with Crippen LogP contribution in [0.3, 0.4) is 0 Å². The highest BCUT2D eigenvalue weighted by molar-refractivity contribution is 6.37. The summed E-state index contributed by atoms with van der Waals surface area (Å²) >= 11 is 6.50. The minimum absolute atomic E-state index is 0. The number of nitrogens with zero attached hydrogens (tertiary/aromatic N) is 9. The monoisotopic (exact) mass is 1600 g/mol. The zero-order valence-corrected chi connectivity index (χ0v) is 67.1. The van der Waals surface area contributed by atoms with Crippen LogP contribution in [0.15, 0.2) is 385 Å². The number of rotatable bonds is 7. The van der Waals surface area contributed by atoms with Crippen molar-refractivity contribution < 1.29 is 8.83 Å². The lowest BCUT2D eigenvalue weighted by atomic mass is 9.97. The Labute approximate surface area is 714 Å². The Balaban J connectivity index is 0.000000112. The van der Waals surface area contributed by atoms with Gasteiger partial charge in [0, 0.05) is 117 Å². The lowest BCUT2D eigenvalue weighted by Crippen LogP contribution is -2.01. The van der Waals surface area contributed by atoms with E-state index in [0.29, 0.717) is 45.6 Å². The maximum Gasteiger partial charge on any atom is 0.164 e. The van der Waals surface area contributed by atoms with Crippen LogP contribution in [0.1, 0.15) is 11.1 Å². The van der Waals surface area contributed by atoms with Crippen molar-refractivity contribution in [2.24, 2.45) is 0 Å². The standard InChI is InChI=1S/C55H31N5O.C29H17N.C27H16ClN3O.B/c1-3-15-33(16-4-1)53-56-54(34-17-5-2-6-18-34)58-55(57-53)40-27-29-45(52-50(40)39-21-10-12-25-48(39)61-52)59-44-28-26-32-14-7-8-19-35(32)49(44)42-30-41-38-23-13-22-37-36-20-9-11-24-43(36)60(51(37)38)46(41)31-47(42)59;1-2-7-20-17(6-1)12-13-18-14-19-15-27-25(16-24(19)28(18)20)23-10-5-9-22-21-8-3-4-11-26(21)30(27)29(22)23;28-21-16-15-20(23-19-13-7-8-14-22(19)32-24(21)23)27-30-25(17-9-3-1-4-10-17)29-26(31-27)18-11-5-2-6-12-18;/h1-31H;1-13,15-16H,14H2;1-16H;. The van der Waals surface area contributed by atoms with E-state index in [4.69, 9.17) is 50.3 Å². The number of furan rings is 2. The second kappa shape index (κ2) is 27.7. The van der Waals surface area contributed by atoms with E-state index in [1.807, 2.05) is 170 Å². The Morgan fingerprint density at radius 1 is 0.250 bits per heavy atom. The molecule has 1 aliphatic carbocycles. The van der Waals surface area contributed by atoms with E-state index in [9.17, 15) is 0 Å². The second-order valence-electron chi connectivity index (χ2n) is 31.9. The summed E-state index contributed by atoms with van der Waals surface area (Å²) in [7, 11) is 0. The van der Waals surface area contributed by atoms with Gasteiger partial charge >= 0.3 is 0 Å². The normalized spacial score (nSPS) is 12.1. The zero-order valence-electron chi connectivity index (χ0n) is 66.3. The third-order valence-electron chi connectivity index (χ3n) is 25.2. The van der Waals surface area contributed by atoms with Gasteiger partial charge in [-0.2, -0.15) is 0 Å². The van der Waals surface area contributed by atoms with Crippen molar-refractivity contribution in [1.82, 2.24) is 43.3 Å². The Morgan fingerprint density at radius 2 is 0.661 bits per heavy atom. The number of para-hydroxylation sites is 6. The molecule has 13 heteroatoms. The molecule has 0 bridgehead atoms. The van der Waals surface area contributed by atoms with Crippen LogP contribution in [0.25, 0.3) is 249 Å². The van der Waals surface area contributed by atoms with Crippen LogP contribution in [-0.2, 0) is 6.42 Å². The Morgan fingerprint density at radius 3 is 1.21 bits per heavy atom. The maximum atomic E-state index is 7.02. The molecule has 9 aromatic heterocycles. The van der Waals surface area contributed by atoms with Gasteiger partial charge in [-0.1, -0.05) is 309 Å². The SMILES string of the molecule is Clc1ccc(-c2nc(-c3ccccc3)nc(-c3ccccc3)n2)c2c1oc1ccccc12.[B].c1ccc(-c2nc(-c3ccccc3)nc(-c3ccc(-n4c5cc6c(cc5c5c7ccccc7ccc54)c4cccc5c7ccccc7n6c54)c4oc5ccccc5c34)n2)cc1.c1ccc2c3c(ccc2c1)Cc1cc2c(cc1-3)c1cccc3c4ccccc4n2c31. The van der Waals surface area contributed by atoms with E-state index in [1.54, 1.807) is 0 Å². The van der Waals surface area contributed by atoms with E-state index in [2.05, 4.69) is 220 Å². The summed E-state index contributed by atoms with van der Waals surface area (Å²) in [6, 6.07) is 132. The Kier molecular flexibility index (Phi) is 15.8. The third-order valence-corrected chi connectivity index (χ3v) is 25.5. The highest BCUT2D eigenvalue weighted by atomic mass is 35.5. The first-order valence-electron chi connectivity index (χ1n) is 41.5. The van der Waals surface area contributed by atoms with Crippen LogP contribution in [0, 0.1) is 0 Å². The molecule has 0 unspecified atom stereocenters. The highest BCUT2D eigenvalue weighted by Gasteiger charge is 2.30. The molecule has 575 valence electrons. The summed E-state index contributed by atoms with van der Waals surface area (Å²) in [5, 5.41) is 22.4. The molecule has 3 radical (unpaired) electrons. The minimum Gasteiger partial charge on any atom is -0.454 e. The van der Waals surface area contributed by atoms with Gasteiger partial charge in [-0.25, -0.2) is 29.9 Å². The van der Waals surface area contributed by atoms with Crippen molar-refractivity contribution in [2.75, 3.05) is 0 Å².